The Morgan fingerprint density at radius 1 is 1.19 bits per heavy atom. The van der Waals surface area contributed by atoms with Crippen LogP contribution in [0, 0.1) is 12.8 Å². The van der Waals surface area contributed by atoms with E-state index in [2.05, 4.69) is 0 Å². The van der Waals surface area contributed by atoms with Gasteiger partial charge in [0.2, 0.25) is 0 Å². The fraction of sp³-hybridized carbons (Fsp3) is 0.263. The number of hydrogen-bond donors (Lipinski definition) is 0. The molecule has 1 heterocycles. The lowest BCUT2D eigenvalue weighted by Gasteiger charge is -2.24. The number of hydrogen-bond acceptors (Lipinski definition) is 5. The predicted octanol–water partition coefficient (Wildman–Crippen LogP) is 3.22. The van der Waals surface area contributed by atoms with Crippen LogP contribution in [0.1, 0.15) is 22.3 Å². The number of rotatable bonds is 3. The summed E-state index contributed by atoms with van der Waals surface area (Å²) < 4.78 is 32.3. The molecular weight excluding hydrogens is 390 g/mol. The van der Waals surface area contributed by atoms with Gasteiger partial charge in [-0.15, -0.1) is 0 Å². The van der Waals surface area contributed by atoms with Gasteiger partial charge in [0, 0.05) is 17.1 Å². The molecule has 0 amide bonds. The minimum absolute atomic E-state index is 0.0168. The Morgan fingerprint density at radius 2 is 1.85 bits per heavy atom. The van der Waals surface area contributed by atoms with Gasteiger partial charge in [0.15, 0.2) is 5.78 Å². The summed E-state index contributed by atoms with van der Waals surface area (Å²) in [5.74, 6) is -2.27. The second-order valence-electron chi connectivity index (χ2n) is 6.28. The fourth-order valence-electron chi connectivity index (χ4n) is 3.06. The summed E-state index contributed by atoms with van der Waals surface area (Å²) in [5.41, 5.74) is 1.22. The maximum atomic E-state index is 13.2. The Morgan fingerprint density at radius 3 is 2.48 bits per heavy atom. The molecule has 0 radical (unpaired) electrons. The van der Waals surface area contributed by atoms with E-state index in [0.29, 0.717) is 0 Å². The molecule has 0 N–H and O–H groups in total. The molecule has 1 aliphatic heterocycles. The van der Waals surface area contributed by atoms with Crippen LogP contribution in [0.25, 0.3) is 0 Å². The largest absolute Gasteiger partial charge is 0.468 e. The number of methoxy groups -OCH3 is 1. The minimum atomic E-state index is -3.92. The van der Waals surface area contributed by atoms with E-state index in [4.69, 9.17) is 16.3 Å². The quantitative estimate of drug-likeness (QED) is 0.576. The number of benzene rings is 2. The molecule has 6 nitrogen and oxygen atoms in total. The third kappa shape index (κ3) is 3.57. The average molecular weight is 408 g/mol. The van der Waals surface area contributed by atoms with Crippen molar-refractivity contribution < 1.29 is 22.7 Å². The number of fused-ring (bicyclic) bond motifs is 1. The first-order chi connectivity index (χ1) is 12.8. The summed E-state index contributed by atoms with van der Waals surface area (Å²) in [6.07, 6.45) is 0.0168. The molecule has 0 fully saturated rings. The van der Waals surface area contributed by atoms with Crippen LogP contribution in [-0.2, 0) is 19.6 Å². The third-order valence-electron chi connectivity index (χ3n) is 4.52. The first kappa shape index (κ1) is 19.4. The second-order valence-corrected chi connectivity index (χ2v) is 8.58. The Bertz CT molecular complexity index is 1000. The lowest BCUT2D eigenvalue weighted by molar-refractivity contribution is -0.143. The summed E-state index contributed by atoms with van der Waals surface area (Å²) in [7, 11) is -2.73. The van der Waals surface area contributed by atoms with Crippen molar-refractivity contribution in [3.05, 3.63) is 58.6 Å². The molecule has 1 aliphatic rings. The first-order valence-electron chi connectivity index (χ1n) is 8.26. The first-order valence-corrected chi connectivity index (χ1v) is 10.1. The molecule has 2 aromatic carbocycles. The summed E-state index contributed by atoms with van der Waals surface area (Å²) in [5, 5.41) is 0.278. The molecule has 2 aromatic rings. The highest BCUT2D eigenvalue weighted by Gasteiger charge is 2.38. The topological polar surface area (TPSA) is 80.8 Å². The molecule has 1 atom stereocenters. The Balaban J connectivity index is 2.15. The maximum Gasteiger partial charge on any atom is 0.316 e. The highest BCUT2D eigenvalue weighted by atomic mass is 35.5. The number of Topliss-reactive ketones (excluding diaryl/α,β-unsaturated/α-hetero) is 1. The van der Waals surface area contributed by atoms with E-state index in [0.717, 1.165) is 9.87 Å². The predicted molar refractivity (Wildman–Crippen MR) is 102 cm³/mol. The minimum Gasteiger partial charge on any atom is -0.468 e. The molecule has 142 valence electrons. The normalized spacial score (nSPS) is 17.2. The number of esters is 1. The van der Waals surface area contributed by atoms with E-state index in [-0.39, 0.29) is 34.1 Å². The number of ketones is 1. The number of carbonyl (C=O) groups is 2. The molecule has 27 heavy (non-hydrogen) atoms. The van der Waals surface area contributed by atoms with Crippen molar-refractivity contribution in [1.29, 1.82) is 0 Å². The summed E-state index contributed by atoms with van der Waals surface area (Å²) in [4.78, 5) is 25.0. The van der Waals surface area contributed by atoms with Crippen molar-refractivity contribution in [2.45, 2.75) is 18.2 Å². The van der Waals surface area contributed by atoms with Crippen molar-refractivity contribution in [1.82, 2.24) is 0 Å². The maximum absolute atomic E-state index is 13.2. The van der Waals surface area contributed by atoms with Gasteiger partial charge in [-0.25, -0.2) is 8.42 Å². The zero-order valence-electron chi connectivity index (χ0n) is 14.8. The van der Waals surface area contributed by atoms with Gasteiger partial charge in [-0.3, -0.25) is 13.9 Å². The van der Waals surface area contributed by atoms with E-state index in [9.17, 15) is 18.0 Å². The Hall–Kier alpha value is -2.38. The summed E-state index contributed by atoms with van der Waals surface area (Å²) in [6.45, 7) is 1.83. The monoisotopic (exact) mass is 407 g/mol. The number of aryl methyl sites for hydroxylation is 1. The van der Waals surface area contributed by atoms with Gasteiger partial charge in [0.1, 0.15) is 5.92 Å². The molecule has 0 saturated carbocycles. The number of nitrogens with zero attached hydrogens (tertiary/aromatic N) is 1. The van der Waals surface area contributed by atoms with E-state index < -0.39 is 27.7 Å². The number of anilines is 1. The standard InChI is InChI=1S/C19H18ClNO5S/c1-12-3-6-14(7-4-12)27(24,25)21-10-9-15(19(23)26-2)18(22)16-11-13(20)5-8-17(16)21/h3-8,11,15H,9-10H2,1-2H3/t15-/m1/s1. The molecular formula is C19H18ClNO5S. The van der Waals surface area contributed by atoms with Crippen molar-refractivity contribution in [2.75, 3.05) is 18.0 Å². The average Bonchev–Trinajstić information content (AvgIpc) is 2.78. The highest BCUT2D eigenvalue weighted by molar-refractivity contribution is 7.92. The molecule has 8 heteroatoms. The molecule has 0 spiro atoms. The third-order valence-corrected chi connectivity index (χ3v) is 6.59. The van der Waals surface area contributed by atoms with Gasteiger partial charge in [-0.05, 0) is 43.7 Å². The molecule has 3 rings (SSSR count). The van der Waals surface area contributed by atoms with Crippen LogP contribution >= 0.6 is 11.6 Å². The fourth-order valence-corrected chi connectivity index (χ4v) is 4.73. The number of ether oxygens (including phenoxy) is 1. The van der Waals surface area contributed by atoms with Crippen molar-refractivity contribution in [2.24, 2.45) is 5.92 Å². The highest BCUT2D eigenvalue weighted by Crippen LogP contribution is 2.35. The van der Waals surface area contributed by atoms with Crippen LogP contribution in [0.5, 0.6) is 0 Å². The van der Waals surface area contributed by atoms with E-state index in [1.54, 1.807) is 12.1 Å². The molecule has 0 unspecified atom stereocenters. The van der Waals surface area contributed by atoms with Crippen LogP contribution in [0.3, 0.4) is 0 Å². The van der Waals surface area contributed by atoms with Crippen LogP contribution in [0.4, 0.5) is 5.69 Å². The van der Waals surface area contributed by atoms with E-state index >= 15 is 0 Å². The molecule has 0 aromatic heterocycles. The zero-order valence-corrected chi connectivity index (χ0v) is 16.4. The Kier molecular flexibility index (Phi) is 5.26. The lowest BCUT2D eigenvalue weighted by Crippen LogP contribution is -2.32. The number of carbonyl (C=O) groups excluding carboxylic acids is 2. The zero-order chi connectivity index (χ0) is 19.8. The lowest BCUT2D eigenvalue weighted by atomic mass is 9.95. The molecule has 0 aliphatic carbocycles. The van der Waals surface area contributed by atoms with Gasteiger partial charge < -0.3 is 4.74 Å². The van der Waals surface area contributed by atoms with E-state index in [1.807, 2.05) is 6.92 Å². The van der Waals surface area contributed by atoms with Gasteiger partial charge in [0.25, 0.3) is 10.0 Å². The van der Waals surface area contributed by atoms with Crippen molar-refractivity contribution in [3.8, 4) is 0 Å². The van der Waals surface area contributed by atoms with Gasteiger partial charge >= 0.3 is 5.97 Å². The number of sulfonamides is 1. The smallest absolute Gasteiger partial charge is 0.316 e. The van der Waals surface area contributed by atoms with Gasteiger partial charge in [-0.1, -0.05) is 29.3 Å². The van der Waals surface area contributed by atoms with Crippen molar-refractivity contribution in [3.63, 3.8) is 0 Å². The van der Waals surface area contributed by atoms with Crippen LogP contribution < -0.4 is 4.31 Å². The number of halogens is 1. The summed E-state index contributed by atoms with van der Waals surface area (Å²) >= 11 is 6.02. The van der Waals surface area contributed by atoms with Crippen LogP contribution in [-0.4, -0.2) is 33.8 Å². The molecule has 0 saturated heterocycles. The summed E-state index contributed by atoms with van der Waals surface area (Å²) in [6, 6.07) is 10.8. The SMILES string of the molecule is COC(=O)[C@@H]1CCN(S(=O)(=O)c2ccc(C)cc2)c2ccc(Cl)cc2C1=O. The van der Waals surface area contributed by atoms with Crippen LogP contribution in [0.2, 0.25) is 5.02 Å². The molecule has 0 bridgehead atoms. The van der Waals surface area contributed by atoms with E-state index in [1.165, 1.54) is 37.4 Å². The van der Waals surface area contributed by atoms with Gasteiger partial charge in [-0.2, -0.15) is 0 Å². The second kappa shape index (κ2) is 7.32. The van der Waals surface area contributed by atoms with Gasteiger partial charge in [0.05, 0.1) is 17.7 Å². The van der Waals surface area contributed by atoms with Crippen molar-refractivity contribution >= 4 is 39.1 Å². The Labute approximate surface area is 162 Å². The van der Waals surface area contributed by atoms with Crippen LogP contribution in [0.15, 0.2) is 47.4 Å².